The molecule has 0 N–H and O–H groups in total. The van der Waals surface area contributed by atoms with E-state index < -0.39 is 0 Å². The van der Waals surface area contributed by atoms with Crippen LogP contribution in [0.5, 0.6) is 5.75 Å². The molecule has 0 spiro atoms. The zero-order chi connectivity index (χ0) is 20.9. The SMILES string of the molecule is O=C(c1cccc(OCC2CCCN(C(=O)c3cccc(Cl)c3)C2)c1)N1CCCC1. The molecule has 1 atom stereocenters. The maximum absolute atomic E-state index is 12.8. The number of hydrogen-bond donors (Lipinski definition) is 0. The molecule has 2 aliphatic rings. The molecule has 158 valence electrons. The van der Waals surface area contributed by atoms with Crippen LogP contribution in [-0.2, 0) is 0 Å². The van der Waals surface area contributed by atoms with Crippen molar-refractivity contribution >= 4 is 23.4 Å². The normalized spacial score (nSPS) is 19.0. The lowest BCUT2D eigenvalue weighted by molar-refractivity contribution is 0.0632. The van der Waals surface area contributed by atoms with Crippen LogP contribution in [0, 0.1) is 5.92 Å². The van der Waals surface area contributed by atoms with E-state index in [9.17, 15) is 9.59 Å². The van der Waals surface area contributed by atoms with Crippen molar-refractivity contribution in [3.05, 3.63) is 64.7 Å². The van der Waals surface area contributed by atoms with Gasteiger partial charge in [-0.25, -0.2) is 0 Å². The zero-order valence-corrected chi connectivity index (χ0v) is 17.8. The van der Waals surface area contributed by atoms with Crippen molar-refractivity contribution in [1.29, 1.82) is 0 Å². The van der Waals surface area contributed by atoms with Crippen LogP contribution in [0.15, 0.2) is 48.5 Å². The standard InChI is InChI=1S/C24H27ClN2O3/c25-21-9-3-7-19(14-21)24(29)27-13-5-6-18(16-27)17-30-22-10-4-8-20(15-22)23(28)26-11-1-2-12-26/h3-4,7-10,14-15,18H,1-2,5-6,11-13,16-17H2. The van der Waals surface area contributed by atoms with Gasteiger partial charge in [0.05, 0.1) is 6.61 Å². The fourth-order valence-electron chi connectivity index (χ4n) is 4.23. The van der Waals surface area contributed by atoms with Gasteiger partial charge in [0.15, 0.2) is 0 Å². The molecule has 2 amide bonds. The van der Waals surface area contributed by atoms with E-state index in [0.29, 0.717) is 35.1 Å². The second-order valence-corrected chi connectivity index (χ2v) is 8.54. The van der Waals surface area contributed by atoms with E-state index in [4.69, 9.17) is 16.3 Å². The predicted molar refractivity (Wildman–Crippen MR) is 117 cm³/mol. The number of rotatable bonds is 5. The molecular formula is C24H27ClN2O3. The van der Waals surface area contributed by atoms with Crippen molar-refractivity contribution < 1.29 is 14.3 Å². The topological polar surface area (TPSA) is 49.9 Å². The molecule has 2 aromatic rings. The van der Waals surface area contributed by atoms with Gasteiger partial charge in [0, 0.05) is 48.2 Å². The molecule has 5 nitrogen and oxygen atoms in total. The first-order chi connectivity index (χ1) is 14.6. The van der Waals surface area contributed by atoms with E-state index in [-0.39, 0.29) is 17.7 Å². The number of nitrogens with zero attached hydrogens (tertiary/aromatic N) is 2. The van der Waals surface area contributed by atoms with Gasteiger partial charge in [-0.1, -0.05) is 23.7 Å². The first-order valence-corrected chi connectivity index (χ1v) is 11.0. The van der Waals surface area contributed by atoms with Gasteiger partial charge in [0.1, 0.15) is 5.75 Å². The molecule has 1 unspecified atom stereocenters. The fraction of sp³-hybridized carbons (Fsp3) is 0.417. The number of benzene rings is 2. The Bertz CT molecular complexity index is 911. The lowest BCUT2D eigenvalue weighted by atomic mass is 9.98. The molecular weight excluding hydrogens is 400 g/mol. The fourth-order valence-corrected chi connectivity index (χ4v) is 4.42. The van der Waals surface area contributed by atoms with E-state index in [2.05, 4.69) is 0 Å². The minimum absolute atomic E-state index is 0.0143. The third-order valence-corrected chi connectivity index (χ3v) is 6.07. The summed E-state index contributed by atoms with van der Waals surface area (Å²) in [6.45, 7) is 3.62. The molecule has 2 saturated heterocycles. The number of likely N-dealkylation sites (tertiary alicyclic amines) is 2. The molecule has 30 heavy (non-hydrogen) atoms. The van der Waals surface area contributed by atoms with Crippen LogP contribution in [0.25, 0.3) is 0 Å². The Morgan fingerprint density at radius 1 is 0.900 bits per heavy atom. The molecule has 2 fully saturated rings. The lowest BCUT2D eigenvalue weighted by Crippen LogP contribution is -2.41. The van der Waals surface area contributed by atoms with Gasteiger partial charge in [-0.15, -0.1) is 0 Å². The molecule has 0 bridgehead atoms. The van der Waals surface area contributed by atoms with Crippen LogP contribution in [-0.4, -0.2) is 54.4 Å². The average molecular weight is 427 g/mol. The Hall–Kier alpha value is -2.53. The van der Waals surface area contributed by atoms with E-state index in [1.165, 1.54) is 0 Å². The van der Waals surface area contributed by atoms with Crippen LogP contribution in [0.4, 0.5) is 0 Å². The Balaban J connectivity index is 1.34. The summed E-state index contributed by atoms with van der Waals surface area (Å²) in [4.78, 5) is 29.2. The number of amides is 2. The van der Waals surface area contributed by atoms with Crippen LogP contribution >= 0.6 is 11.6 Å². The smallest absolute Gasteiger partial charge is 0.253 e. The van der Waals surface area contributed by atoms with Gasteiger partial charge in [-0.2, -0.15) is 0 Å². The largest absolute Gasteiger partial charge is 0.493 e. The summed E-state index contributed by atoms with van der Waals surface area (Å²) in [5, 5.41) is 0.570. The quantitative estimate of drug-likeness (QED) is 0.706. The van der Waals surface area contributed by atoms with E-state index in [0.717, 1.165) is 45.3 Å². The number of halogens is 1. The number of ether oxygens (including phenoxy) is 1. The molecule has 2 aromatic carbocycles. The Morgan fingerprint density at radius 2 is 1.57 bits per heavy atom. The maximum Gasteiger partial charge on any atom is 0.253 e. The van der Waals surface area contributed by atoms with E-state index in [1.807, 2.05) is 34.1 Å². The summed E-state index contributed by atoms with van der Waals surface area (Å²) in [6.07, 6.45) is 4.13. The number of carbonyl (C=O) groups excluding carboxylic acids is 2. The molecule has 4 rings (SSSR count). The van der Waals surface area contributed by atoms with Gasteiger partial charge >= 0.3 is 0 Å². The van der Waals surface area contributed by atoms with Crippen LogP contribution in [0.3, 0.4) is 0 Å². The molecule has 0 aromatic heterocycles. The third kappa shape index (κ3) is 4.96. The summed E-state index contributed by atoms with van der Waals surface area (Å²) in [6, 6.07) is 14.5. The second kappa shape index (κ2) is 9.52. The Morgan fingerprint density at radius 3 is 2.33 bits per heavy atom. The van der Waals surface area contributed by atoms with Crippen LogP contribution in [0.2, 0.25) is 5.02 Å². The highest BCUT2D eigenvalue weighted by Gasteiger charge is 2.25. The van der Waals surface area contributed by atoms with Crippen molar-refractivity contribution in [2.75, 3.05) is 32.8 Å². The minimum atomic E-state index is 0.0143. The number of hydrogen-bond acceptors (Lipinski definition) is 3. The van der Waals surface area contributed by atoms with Gasteiger partial charge in [-0.3, -0.25) is 9.59 Å². The van der Waals surface area contributed by atoms with Gasteiger partial charge < -0.3 is 14.5 Å². The van der Waals surface area contributed by atoms with Crippen LogP contribution in [0.1, 0.15) is 46.4 Å². The molecule has 0 saturated carbocycles. The highest BCUT2D eigenvalue weighted by molar-refractivity contribution is 6.30. The van der Waals surface area contributed by atoms with E-state index >= 15 is 0 Å². The Kier molecular flexibility index (Phi) is 6.58. The van der Waals surface area contributed by atoms with E-state index in [1.54, 1.807) is 24.3 Å². The monoisotopic (exact) mass is 426 g/mol. The number of carbonyl (C=O) groups is 2. The van der Waals surface area contributed by atoms with Crippen LogP contribution < -0.4 is 4.74 Å². The maximum atomic E-state index is 12.8. The van der Waals surface area contributed by atoms with Crippen molar-refractivity contribution in [3.8, 4) is 5.75 Å². The van der Waals surface area contributed by atoms with Gasteiger partial charge in [-0.05, 0) is 62.1 Å². The zero-order valence-electron chi connectivity index (χ0n) is 17.1. The molecule has 0 aliphatic carbocycles. The third-order valence-electron chi connectivity index (χ3n) is 5.84. The summed E-state index contributed by atoms with van der Waals surface area (Å²) in [7, 11) is 0. The van der Waals surface area contributed by atoms with Crippen molar-refractivity contribution in [2.24, 2.45) is 5.92 Å². The Labute approximate surface area is 182 Å². The first kappa shape index (κ1) is 20.7. The summed E-state index contributed by atoms with van der Waals surface area (Å²) in [5.41, 5.74) is 1.30. The average Bonchev–Trinajstić information content (AvgIpc) is 3.32. The summed E-state index contributed by atoms with van der Waals surface area (Å²) < 4.78 is 6.02. The van der Waals surface area contributed by atoms with Gasteiger partial charge in [0.2, 0.25) is 0 Å². The lowest BCUT2D eigenvalue weighted by Gasteiger charge is -2.32. The highest BCUT2D eigenvalue weighted by Crippen LogP contribution is 2.23. The molecule has 0 radical (unpaired) electrons. The minimum Gasteiger partial charge on any atom is -0.493 e. The van der Waals surface area contributed by atoms with Gasteiger partial charge in [0.25, 0.3) is 11.8 Å². The molecule has 2 aliphatic heterocycles. The van der Waals surface area contributed by atoms with Crippen molar-refractivity contribution in [2.45, 2.75) is 25.7 Å². The summed E-state index contributed by atoms with van der Waals surface area (Å²) in [5.74, 6) is 1.06. The summed E-state index contributed by atoms with van der Waals surface area (Å²) >= 11 is 6.03. The molecule has 2 heterocycles. The predicted octanol–water partition coefficient (Wildman–Crippen LogP) is 4.51. The van der Waals surface area contributed by atoms with Crippen molar-refractivity contribution in [1.82, 2.24) is 9.80 Å². The number of piperidine rings is 1. The second-order valence-electron chi connectivity index (χ2n) is 8.11. The van der Waals surface area contributed by atoms with Crippen molar-refractivity contribution in [3.63, 3.8) is 0 Å². The first-order valence-electron chi connectivity index (χ1n) is 10.7. The highest BCUT2D eigenvalue weighted by atomic mass is 35.5. The molecule has 6 heteroatoms.